The predicted molar refractivity (Wildman–Crippen MR) is 113 cm³/mol. The van der Waals surface area contributed by atoms with Crippen molar-refractivity contribution in [2.24, 2.45) is 11.7 Å². The topological polar surface area (TPSA) is 77.1 Å². The second kappa shape index (κ2) is 9.02. The number of fused-ring (bicyclic) bond motifs is 2. The molecule has 3 N–H and O–H groups in total. The highest BCUT2D eigenvalue weighted by molar-refractivity contribution is 5.94. The number of carbonyl (C=O) groups is 1. The fraction of sp³-hybridized carbons (Fsp3) is 0.333. The van der Waals surface area contributed by atoms with Crippen LogP contribution in [0.15, 0.2) is 53.3 Å². The summed E-state index contributed by atoms with van der Waals surface area (Å²) in [6.45, 7) is 4.78. The molecule has 1 amide bonds. The monoisotopic (exact) mass is 387 g/mol. The maximum Gasteiger partial charge on any atom is 0.240 e. The summed E-state index contributed by atoms with van der Waals surface area (Å²) < 4.78 is 1.91. The number of nitrogens with one attached hydrogen (secondary N) is 1. The van der Waals surface area contributed by atoms with Crippen molar-refractivity contribution in [1.82, 2.24) is 9.88 Å². The molecule has 0 fully saturated rings. The van der Waals surface area contributed by atoms with E-state index in [1.807, 2.05) is 41.0 Å². The van der Waals surface area contributed by atoms with Gasteiger partial charge in [0.25, 0.3) is 0 Å². The number of carbonyl (C=O) groups excluding carboxylic acids is 1. The first kappa shape index (κ1) is 20.9. The first-order valence-electron chi connectivity index (χ1n) is 9.01. The Balaban J connectivity index is 0.00000261. The maximum absolute atomic E-state index is 12.7. The molecule has 27 heavy (non-hydrogen) atoms. The molecule has 1 heterocycles. The van der Waals surface area contributed by atoms with Crippen LogP contribution in [0.4, 0.5) is 0 Å². The minimum Gasteiger partial charge on any atom is -0.351 e. The van der Waals surface area contributed by atoms with Crippen molar-refractivity contribution >= 4 is 40.1 Å². The largest absolute Gasteiger partial charge is 0.351 e. The summed E-state index contributed by atoms with van der Waals surface area (Å²) in [6.07, 6.45) is 0.841. The number of para-hydroxylation sites is 2. The van der Waals surface area contributed by atoms with Crippen LogP contribution in [0.25, 0.3) is 21.8 Å². The average Bonchev–Trinajstić information content (AvgIpc) is 2.64. The van der Waals surface area contributed by atoms with Gasteiger partial charge in [0.05, 0.1) is 11.0 Å². The molecule has 0 aliphatic carbocycles. The highest BCUT2D eigenvalue weighted by atomic mass is 35.5. The standard InChI is InChI=1S/C21H25N3O2.ClH/c1-14(2)11-15(12-22)23-20(25)13-24-18-9-5-3-7-16(18)21(26)17-8-4-6-10-19(17)24;/h3-10,14-15H,11-13,22H2,1-2H3,(H,23,25);1H. The van der Waals surface area contributed by atoms with Crippen molar-refractivity contribution < 1.29 is 4.79 Å². The van der Waals surface area contributed by atoms with Gasteiger partial charge in [0.15, 0.2) is 5.43 Å². The number of hydrogen-bond acceptors (Lipinski definition) is 3. The zero-order valence-corrected chi connectivity index (χ0v) is 16.5. The number of nitrogens with two attached hydrogens (primary N) is 1. The molecule has 1 unspecified atom stereocenters. The van der Waals surface area contributed by atoms with Gasteiger partial charge < -0.3 is 15.6 Å². The Morgan fingerprint density at radius 1 is 1.04 bits per heavy atom. The average molecular weight is 388 g/mol. The summed E-state index contributed by atoms with van der Waals surface area (Å²) in [4.78, 5) is 25.4. The Hall–Kier alpha value is -2.37. The molecule has 6 heteroatoms. The van der Waals surface area contributed by atoms with Crippen LogP contribution >= 0.6 is 12.4 Å². The summed E-state index contributed by atoms with van der Waals surface area (Å²) in [5, 5.41) is 4.27. The minimum absolute atomic E-state index is 0. The van der Waals surface area contributed by atoms with Gasteiger partial charge in [-0.3, -0.25) is 9.59 Å². The van der Waals surface area contributed by atoms with Gasteiger partial charge in [-0.05, 0) is 36.6 Å². The molecule has 0 radical (unpaired) electrons. The lowest BCUT2D eigenvalue weighted by Crippen LogP contribution is -2.42. The van der Waals surface area contributed by atoms with Crippen LogP contribution in [-0.4, -0.2) is 23.1 Å². The molecule has 0 aliphatic heterocycles. The Labute approximate surface area is 165 Å². The maximum atomic E-state index is 12.7. The molecule has 0 bridgehead atoms. The van der Waals surface area contributed by atoms with E-state index in [2.05, 4.69) is 19.2 Å². The van der Waals surface area contributed by atoms with E-state index in [4.69, 9.17) is 5.73 Å². The highest BCUT2D eigenvalue weighted by Crippen LogP contribution is 2.19. The van der Waals surface area contributed by atoms with Crippen molar-refractivity contribution in [2.45, 2.75) is 32.9 Å². The first-order valence-corrected chi connectivity index (χ1v) is 9.01. The lowest BCUT2D eigenvalue weighted by Gasteiger charge is -2.20. The number of pyridine rings is 1. The van der Waals surface area contributed by atoms with Crippen LogP contribution in [0.3, 0.4) is 0 Å². The number of halogens is 1. The van der Waals surface area contributed by atoms with E-state index in [0.29, 0.717) is 23.2 Å². The van der Waals surface area contributed by atoms with E-state index in [9.17, 15) is 9.59 Å². The molecular weight excluding hydrogens is 362 g/mol. The molecule has 0 saturated heterocycles. The first-order chi connectivity index (χ1) is 12.5. The number of aromatic nitrogens is 1. The summed E-state index contributed by atoms with van der Waals surface area (Å²) in [7, 11) is 0. The van der Waals surface area contributed by atoms with Gasteiger partial charge in [0.1, 0.15) is 6.54 Å². The SMILES string of the molecule is CC(C)CC(CN)NC(=O)Cn1c2ccccc2c(=O)c2ccccc21.Cl. The van der Waals surface area contributed by atoms with E-state index in [1.165, 1.54) is 0 Å². The molecule has 3 rings (SSSR count). The zero-order chi connectivity index (χ0) is 18.7. The van der Waals surface area contributed by atoms with Gasteiger partial charge in [-0.1, -0.05) is 38.1 Å². The van der Waals surface area contributed by atoms with Crippen molar-refractivity contribution in [3.05, 3.63) is 58.8 Å². The Morgan fingerprint density at radius 2 is 1.56 bits per heavy atom. The summed E-state index contributed by atoms with van der Waals surface area (Å²) in [5.74, 6) is 0.359. The van der Waals surface area contributed by atoms with E-state index in [-0.39, 0.29) is 36.3 Å². The van der Waals surface area contributed by atoms with Crippen LogP contribution in [0, 0.1) is 5.92 Å². The second-order valence-electron chi connectivity index (χ2n) is 7.08. The van der Waals surface area contributed by atoms with Gasteiger partial charge in [0.2, 0.25) is 5.91 Å². The van der Waals surface area contributed by atoms with E-state index in [1.54, 1.807) is 12.1 Å². The van der Waals surface area contributed by atoms with Crippen LogP contribution in [0.2, 0.25) is 0 Å². The van der Waals surface area contributed by atoms with Crippen LogP contribution in [-0.2, 0) is 11.3 Å². The minimum atomic E-state index is -0.0972. The normalized spacial score (nSPS) is 12.1. The third-order valence-corrected chi connectivity index (χ3v) is 4.59. The van der Waals surface area contributed by atoms with Gasteiger partial charge in [0, 0.05) is 23.4 Å². The molecule has 0 saturated carbocycles. The van der Waals surface area contributed by atoms with Crippen LogP contribution in [0.5, 0.6) is 0 Å². The molecule has 1 aromatic heterocycles. The fourth-order valence-corrected chi connectivity index (χ4v) is 3.45. The zero-order valence-electron chi connectivity index (χ0n) is 15.6. The smallest absolute Gasteiger partial charge is 0.240 e. The molecule has 1 atom stereocenters. The number of amides is 1. The third kappa shape index (κ3) is 4.49. The van der Waals surface area contributed by atoms with Crippen molar-refractivity contribution in [3.8, 4) is 0 Å². The summed E-state index contributed by atoms with van der Waals surface area (Å²) in [5.41, 5.74) is 7.32. The van der Waals surface area contributed by atoms with Crippen LogP contribution < -0.4 is 16.5 Å². The van der Waals surface area contributed by atoms with Crippen LogP contribution in [0.1, 0.15) is 20.3 Å². The quantitative estimate of drug-likeness (QED) is 0.638. The van der Waals surface area contributed by atoms with Gasteiger partial charge in [-0.2, -0.15) is 0 Å². The Kier molecular flexibility index (Phi) is 6.99. The van der Waals surface area contributed by atoms with Gasteiger partial charge >= 0.3 is 0 Å². The van der Waals surface area contributed by atoms with Crippen molar-refractivity contribution in [1.29, 1.82) is 0 Å². The van der Waals surface area contributed by atoms with E-state index >= 15 is 0 Å². The molecule has 2 aromatic carbocycles. The van der Waals surface area contributed by atoms with Gasteiger partial charge in [-0.15, -0.1) is 12.4 Å². The molecule has 144 valence electrons. The lowest BCUT2D eigenvalue weighted by atomic mass is 10.0. The lowest BCUT2D eigenvalue weighted by molar-refractivity contribution is -0.122. The van der Waals surface area contributed by atoms with Crippen molar-refractivity contribution in [2.75, 3.05) is 6.54 Å². The summed E-state index contributed by atoms with van der Waals surface area (Å²) >= 11 is 0. The molecular formula is C21H26ClN3O2. The molecule has 5 nitrogen and oxygen atoms in total. The highest BCUT2D eigenvalue weighted by Gasteiger charge is 2.16. The molecule has 0 aliphatic rings. The second-order valence-corrected chi connectivity index (χ2v) is 7.08. The fourth-order valence-electron chi connectivity index (χ4n) is 3.45. The number of benzene rings is 2. The number of nitrogens with zero attached hydrogens (tertiary/aromatic N) is 1. The van der Waals surface area contributed by atoms with E-state index < -0.39 is 0 Å². The Morgan fingerprint density at radius 3 is 2.04 bits per heavy atom. The number of rotatable bonds is 6. The summed E-state index contributed by atoms with van der Waals surface area (Å²) in [6, 6.07) is 14.8. The Bertz CT molecular complexity index is 938. The van der Waals surface area contributed by atoms with Crippen molar-refractivity contribution in [3.63, 3.8) is 0 Å². The van der Waals surface area contributed by atoms with E-state index in [0.717, 1.165) is 17.5 Å². The molecule has 0 spiro atoms. The molecule has 3 aromatic rings. The predicted octanol–water partition coefficient (Wildman–Crippen LogP) is 3.07. The number of hydrogen-bond donors (Lipinski definition) is 2. The third-order valence-electron chi connectivity index (χ3n) is 4.59. The van der Waals surface area contributed by atoms with Gasteiger partial charge in [-0.25, -0.2) is 0 Å².